The second-order valence-electron chi connectivity index (χ2n) is 6.27. The minimum absolute atomic E-state index is 0.0591. The lowest BCUT2D eigenvalue weighted by molar-refractivity contribution is -0.120. The number of nitrogens with zero attached hydrogens (tertiary/aromatic N) is 1. The quantitative estimate of drug-likeness (QED) is 0.795. The maximum Gasteiger partial charge on any atom is 0.227 e. The summed E-state index contributed by atoms with van der Waals surface area (Å²) in [6.45, 7) is 3.36. The second kappa shape index (κ2) is 6.96. The summed E-state index contributed by atoms with van der Waals surface area (Å²) in [5, 5.41) is 5.64. The van der Waals surface area contributed by atoms with E-state index in [1.807, 2.05) is 6.92 Å². The van der Waals surface area contributed by atoms with E-state index in [9.17, 15) is 9.59 Å². The van der Waals surface area contributed by atoms with Gasteiger partial charge in [-0.15, -0.1) is 0 Å². The van der Waals surface area contributed by atoms with Gasteiger partial charge in [-0.05, 0) is 38.0 Å². The number of aromatic nitrogens is 2. The molecule has 0 saturated carbocycles. The Morgan fingerprint density at radius 2 is 2.12 bits per heavy atom. The molecule has 0 aliphatic heterocycles. The Morgan fingerprint density at radius 3 is 2.84 bits per heavy atom. The predicted molar refractivity (Wildman–Crippen MR) is 94.8 cm³/mol. The monoisotopic (exact) mass is 342 g/mol. The zero-order valence-corrected chi connectivity index (χ0v) is 14.6. The summed E-state index contributed by atoms with van der Waals surface area (Å²) in [5.41, 5.74) is 3.26. The number of carbonyl (C=O) groups excluding carboxylic acids is 2. The number of ether oxygens (including phenoxy) is 1. The van der Waals surface area contributed by atoms with E-state index in [1.165, 1.54) is 6.92 Å². The normalized spacial score (nSPS) is 16.0. The molecule has 132 valence electrons. The fourth-order valence-electron chi connectivity index (χ4n) is 3.17. The SMILES string of the molecule is COc1ccc(NC(C)=O)cc1NC(=O)C1CCc2nc(C)[nH]c2C1. The van der Waals surface area contributed by atoms with Crippen LogP contribution in [-0.2, 0) is 22.4 Å². The fraction of sp³-hybridized carbons (Fsp3) is 0.389. The Morgan fingerprint density at radius 1 is 1.32 bits per heavy atom. The van der Waals surface area contributed by atoms with Gasteiger partial charge in [-0.3, -0.25) is 9.59 Å². The summed E-state index contributed by atoms with van der Waals surface area (Å²) in [6, 6.07) is 5.15. The van der Waals surface area contributed by atoms with Gasteiger partial charge in [0.15, 0.2) is 0 Å². The van der Waals surface area contributed by atoms with E-state index in [1.54, 1.807) is 25.3 Å². The van der Waals surface area contributed by atoms with Crippen LogP contribution in [0, 0.1) is 12.8 Å². The molecule has 3 rings (SSSR count). The van der Waals surface area contributed by atoms with Gasteiger partial charge in [-0.25, -0.2) is 4.98 Å². The van der Waals surface area contributed by atoms with Gasteiger partial charge in [0.25, 0.3) is 0 Å². The molecule has 2 aromatic rings. The van der Waals surface area contributed by atoms with E-state index in [0.29, 0.717) is 23.5 Å². The molecule has 0 fully saturated rings. The van der Waals surface area contributed by atoms with Crippen LogP contribution in [0.1, 0.15) is 30.6 Å². The lowest BCUT2D eigenvalue weighted by Crippen LogP contribution is -2.28. The third-order valence-electron chi connectivity index (χ3n) is 4.31. The molecule has 1 unspecified atom stereocenters. The number of fused-ring (bicyclic) bond motifs is 1. The van der Waals surface area contributed by atoms with Crippen LogP contribution in [0.4, 0.5) is 11.4 Å². The number of H-pyrrole nitrogens is 1. The number of aromatic amines is 1. The van der Waals surface area contributed by atoms with Crippen molar-refractivity contribution in [1.29, 1.82) is 0 Å². The molecule has 1 atom stereocenters. The van der Waals surface area contributed by atoms with E-state index < -0.39 is 0 Å². The molecule has 7 nitrogen and oxygen atoms in total. The first-order chi connectivity index (χ1) is 12.0. The lowest BCUT2D eigenvalue weighted by atomic mass is 9.89. The topological polar surface area (TPSA) is 96.1 Å². The van der Waals surface area contributed by atoms with Crippen molar-refractivity contribution in [3.05, 3.63) is 35.4 Å². The van der Waals surface area contributed by atoms with Gasteiger partial charge in [-0.1, -0.05) is 0 Å². The molecule has 0 bridgehead atoms. The summed E-state index contributed by atoms with van der Waals surface area (Å²) in [6.07, 6.45) is 2.20. The summed E-state index contributed by atoms with van der Waals surface area (Å²) >= 11 is 0. The van der Waals surface area contributed by atoms with Crippen LogP contribution >= 0.6 is 0 Å². The minimum atomic E-state index is -0.170. The van der Waals surface area contributed by atoms with Gasteiger partial charge in [0, 0.05) is 30.6 Å². The van der Waals surface area contributed by atoms with Gasteiger partial charge in [0.1, 0.15) is 11.6 Å². The molecule has 3 N–H and O–H groups in total. The van der Waals surface area contributed by atoms with Crippen LogP contribution < -0.4 is 15.4 Å². The number of methoxy groups -OCH3 is 1. The highest BCUT2D eigenvalue weighted by atomic mass is 16.5. The van der Waals surface area contributed by atoms with E-state index in [4.69, 9.17) is 4.74 Å². The van der Waals surface area contributed by atoms with Gasteiger partial charge in [0.2, 0.25) is 11.8 Å². The van der Waals surface area contributed by atoms with Crippen LogP contribution in [0.25, 0.3) is 0 Å². The van der Waals surface area contributed by atoms with E-state index in [2.05, 4.69) is 20.6 Å². The van der Waals surface area contributed by atoms with Crippen molar-refractivity contribution in [2.24, 2.45) is 5.92 Å². The molecule has 7 heteroatoms. The van der Waals surface area contributed by atoms with E-state index in [-0.39, 0.29) is 17.7 Å². The fourth-order valence-corrected chi connectivity index (χ4v) is 3.17. The molecule has 0 saturated heterocycles. The largest absolute Gasteiger partial charge is 0.495 e. The Kier molecular flexibility index (Phi) is 4.74. The van der Waals surface area contributed by atoms with Gasteiger partial charge >= 0.3 is 0 Å². The first kappa shape index (κ1) is 17.0. The first-order valence-electron chi connectivity index (χ1n) is 8.27. The Bertz CT molecular complexity index is 813. The molecule has 0 radical (unpaired) electrons. The maximum absolute atomic E-state index is 12.7. The van der Waals surface area contributed by atoms with Crippen LogP contribution in [0.5, 0.6) is 5.75 Å². The first-order valence-corrected chi connectivity index (χ1v) is 8.27. The lowest BCUT2D eigenvalue weighted by Gasteiger charge is -2.21. The second-order valence-corrected chi connectivity index (χ2v) is 6.27. The smallest absolute Gasteiger partial charge is 0.227 e. The van der Waals surface area contributed by atoms with Crippen molar-refractivity contribution in [3.8, 4) is 5.75 Å². The molecule has 25 heavy (non-hydrogen) atoms. The number of aryl methyl sites for hydroxylation is 2. The summed E-state index contributed by atoms with van der Waals surface area (Å²) in [4.78, 5) is 31.6. The molecule has 0 spiro atoms. The summed E-state index contributed by atoms with van der Waals surface area (Å²) in [7, 11) is 1.54. The van der Waals surface area contributed by atoms with Gasteiger partial charge < -0.3 is 20.4 Å². The number of imidazole rings is 1. The number of anilines is 2. The molecule has 1 aliphatic rings. The number of amides is 2. The van der Waals surface area contributed by atoms with Crippen LogP contribution in [0.2, 0.25) is 0 Å². The number of carbonyl (C=O) groups is 2. The van der Waals surface area contributed by atoms with Crippen molar-refractivity contribution in [2.45, 2.75) is 33.1 Å². The van der Waals surface area contributed by atoms with Crippen molar-refractivity contribution < 1.29 is 14.3 Å². The van der Waals surface area contributed by atoms with Crippen molar-refractivity contribution in [3.63, 3.8) is 0 Å². The maximum atomic E-state index is 12.7. The number of hydrogen-bond donors (Lipinski definition) is 3. The third-order valence-corrected chi connectivity index (χ3v) is 4.31. The highest BCUT2D eigenvalue weighted by molar-refractivity contribution is 5.96. The van der Waals surface area contributed by atoms with Crippen LogP contribution in [0.3, 0.4) is 0 Å². The molecule has 1 aromatic heterocycles. The van der Waals surface area contributed by atoms with Crippen LogP contribution in [-0.4, -0.2) is 28.9 Å². The molecule has 1 heterocycles. The van der Waals surface area contributed by atoms with Crippen molar-refractivity contribution in [1.82, 2.24) is 9.97 Å². The zero-order valence-electron chi connectivity index (χ0n) is 14.6. The minimum Gasteiger partial charge on any atom is -0.495 e. The Balaban J connectivity index is 1.75. The standard InChI is InChI=1S/C18H22N4O3/c1-10-19-14-6-4-12(8-15(14)20-10)18(24)22-16-9-13(21-11(2)23)5-7-17(16)25-3/h5,7,9,12H,4,6,8H2,1-3H3,(H,19,20)(H,21,23)(H,22,24). The highest BCUT2D eigenvalue weighted by Crippen LogP contribution is 2.30. The summed E-state index contributed by atoms with van der Waals surface area (Å²) < 4.78 is 5.31. The molecule has 2 amide bonds. The Hall–Kier alpha value is -2.83. The number of rotatable bonds is 4. The Labute approximate surface area is 146 Å². The molecular weight excluding hydrogens is 320 g/mol. The summed E-state index contributed by atoms with van der Waals surface area (Å²) in [5.74, 6) is 1.08. The van der Waals surface area contributed by atoms with Gasteiger partial charge in [-0.2, -0.15) is 0 Å². The molecular formula is C18H22N4O3. The van der Waals surface area contributed by atoms with Crippen LogP contribution in [0.15, 0.2) is 18.2 Å². The molecule has 1 aliphatic carbocycles. The predicted octanol–water partition coefficient (Wildman–Crippen LogP) is 2.43. The van der Waals surface area contributed by atoms with Crippen molar-refractivity contribution in [2.75, 3.05) is 17.7 Å². The number of hydrogen-bond acceptors (Lipinski definition) is 4. The number of benzene rings is 1. The van der Waals surface area contributed by atoms with E-state index >= 15 is 0 Å². The highest BCUT2D eigenvalue weighted by Gasteiger charge is 2.27. The van der Waals surface area contributed by atoms with Crippen molar-refractivity contribution >= 4 is 23.2 Å². The average Bonchev–Trinajstić information content (AvgIpc) is 2.93. The molecule has 1 aromatic carbocycles. The average molecular weight is 342 g/mol. The number of nitrogens with one attached hydrogen (secondary N) is 3. The van der Waals surface area contributed by atoms with Gasteiger partial charge in [0.05, 0.1) is 18.5 Å². The van der Waals surface area contributed by atoms with E-state index in [0.717, 1.165) is 30.1 Å². The third kappa shape index (κ3) is 3.81. The zero-order chi connectivity index (χ0) is 18.0.